The molecule has 26 heavy (non-hydrogen) atoms. The summed E-state index contributed by atoms with van der Waals surface area (Å²) in [4.78, 5) is 15.5. The summed E-state index contributed by atoms with van der Waals surface area (Å²) in [5.74, 6) is 1.05. The zero-order valence-electron chi connectivity index (χ0n) is 16.2. The van der Waals surface area contributed by atoms with E-state index in [2.05, 4.69) is 50.5 Å². The molecule has 0 amide bonds. The lowest BCUT2D eigenvalue weighted by molar-refractivity contribution is 0.210. The molecule has 0 aliphatic carbocycles. The molecule has 7 heteroatoms. The van der Waals surface area contributed by atoms with Gasteiger partial charge in [-0.15, -0.1) is 0 Å². The van der Waals surface area contributed by atoms with E-state index in [9.17, 15) is 0 Å². The molecule has 0 radical (unpaired) electrons. The molecule has 0 unspecified atom stereocenters. The molecule has 1 atom stereocenters. The minimum atomic E-state index is 0.196. The third-order valence-corrected chi connectivity index (χ3v) is 5.62. The van der Waals surface area contributed by atoms with Gasteiger partial charge in [0.05, 0.1) is 6.33 Å². The van der Waals surface area contributed by atoms with Crippen molar-refractivity contribution in [1.29, 1.82) is 0 Å². The van der Waals surface area contributed by atoms with Gasteiger partial charge in [0.2, 0.25) is 0 Å². The van der Waals surface area contributed by atoms with Crippen molar-refractivity contribution in [3.8, 4) is 0 Å². The van der Waals surface area contributed by atoms with E-state index >= 15 is 0 Å². The molecule has 1 aliphatic heterocycles. The van der Waals surface area contributed by atoms with Gasteiger partial charge in [-0.05, 0) is 30.6 Å². The van der Waals surface area contributed by atoms with Crippen LogP contribution in [0.4, 0.5) is 5.82 Å². The topological polar surface area (TPSA) is 58.9 Å². The van der Waals surface area contributed by atoms with Crippen LogP contribution in [-0.4, -0.2) is 50.9 Å². The van der Waals surface area contributed by atoms with Gasteiger partial charge < -0.3 is 14.8 Å². The quantitative estimate of drug-likeness (QED) is 0.619. The fourth-order valence-electron chi connectivity index (χ4n) is 3.35. The average molecular weight is 375 g/mol. The van der Waals surface area contributed by atoms with Crippen molar-refractivity contribution < 1.29 is 0 Å². The molecule has 1 aliphatic rings. The highest BCUT2D eigenvalue weighted by Crippen LogP contribution is 2.24. The summed E-state index contributed by atoms with van der Waals surface area (Å²) in [6.07, 6.45) is 11.9. The molecule has 142 valence electrons. The van der Waals surface area contributed by atoms with E-state index in [1.165, 1.54) is 0 Å². The van der Waals surface area contributed by atoms with Crippen LogP contribution in [0, 0.1) is 5.41 Å². The monoisotopic (exact) mass is 374 g/mol. The fraction of sp³-hybridized carbons (Fsp3) is 0.632. The Balaban J connectivity index is 1.57. The Morgan fingerprint density at radius 2 is 2.04 bits per heavy atom. The molecular weight excluding hydrogens is 344 g/mol. The lowest BCUT2D eigenvalue weighted by atomic mass is 9.85. The number of imidazole rings is 1. The molecule has 0 saturated carbocycles. The van der Waals surface area contributed by atoms with Gasteiger partial charge >= 0.3 is 0 Å². The SMILES string of the molecule is CSc1nccc(N2CCC(N[C@H](Cn3ccnc3)C(C)(C)C)CC2)n1. The van der Waals surface area contributed by atoms with Crippen molar-refractivity contribution in [2.75, 3.05) is 24.2 Å². The van der Waals surface area contributed by atoms with Crippen molar-refractivity contribution in [2.24, 2.45) is 5.41 Å². The molecule has 2 aromatic rings. The van der Waals surface area contributed by atoms with Crippen molar-refractivity contribution in [3.63, 3.8) is 0 Å². The van der Waals surface area contributed by atoms with Gasteiger partial charge in [-0.1, -0.05) is 32.5 Å². The fourth-order valence-corrected chi connectivity index (χ4v) is 3.70. The molecule has 0 aromatic carbocycles. The molecule has 3 heterocycles. The van der Waals surface area contributed by atoms with Crippen LogP contribution < -0.4 is 10.2 Å². The van der Waals surface area contributed by atoms with Gasteiger partial charge in [-0.25, -0.2) is 15.0 Å². The second kappa shape index (κ2) is 8.39. The zero-order valence-corrected chi connectivity index (χ0v) is 17.0. The molecule has 0 spiro atoms. The summed E-state index contributed by atoms with van der Waals surface area (Å²) in [6.45, 7) is 9.94. The number of nitrogens with one attached hydrogen (secondary N) is 1. The van der Waals surface area contributed by atoms with Crippen molar-refractivity contribution in [1.82, 2.24) is 24.8 Å². The molecular formula is C19H30N6S. The van der Waals surface area contributed by atoms with E-state index in [1.54, 1.807) is 11.8 Å². The minimum Gasteiger partial charge on any atom is -0.356 e. The van der Waals surface area contributed by atoms with Crippen LogP contribution in [0.15, 0.2) is 36.1 Å². The Kier molecular flexibility index (Phi) is 6.19. The summed E-state index contributed by atoms with van der Waals surface area (Å²) >= 11 is 1.59. The lowest BCUT2D eigenvalue weighted by Crippen LogP contribution is -2.52. The van der Waals surface area contributed by atoms with Gasteiger partial charge in [0.1, 0.15) is 5.82 Å². The van der Waals surface area contributed by atoms with Gasteiger partial charge in [0, 0.05) is 50.3 Å². The summed E-state index contributed by atoms with van der Waals surface area (Å²) < 4.78 is 2.17. The first kappa shape index (κ1) is 19.2. The highest BCUT2D eigenvalue weighted by molar-refractivity contribution is 7.98. The number of piperidine rings is 1. The third kappa shape index (κ3) is 4.98. The number of thioether (sulfide) groups is 1. The summed E-state index contributed by atoms with van der Waals surface area (Å²) in [5.41, 5.74) is 0.196. The van der Waals surface area contributed by atoms with E-state index in [1.807, 2.05) is 37.2 Å². The first-order chi connectivity index (χ1) is 12.5. The summed E-state index contributed by atoms with van der Waals surface area (Å²) in [5, 5.41) is 4.76. The number of hydrogen-bond donors (Lipinski definition) is 1. The number of anilines is 1. The second-order valence-electron chi connectivity index (χ2n) is 8.01. The van der Waals surface area contributed by atoms with Crippen LogP contribution in [0.5, 0.6) is 0 Å². The Morgan fingerprint density at radius 1 is 1.27 bits per heavy atom. The van der Waals surface area contributed by atoms with Crippen LogP contribution in [0.1, 0.15) is 33.6 Å². The molecule has 1 fully saturated rings. The Bertz CT molecular complexity index is 674. The van der Waals surface area contributed by atoms with Gasteiger partial charge in [-0.2, -0.15) is 0 Å². The van der Waals surface area contributed by atoms with E-state index < -0.39 is 0 Å². The van der Waals surface area contributed by atoms with Gasteiger partial charge in [0.15, 0.2) is 5.16 Å². The molecule has 3 rings (SSSR count). The van der Waals surface area contributed by atoms with Crippen LogP contribution >= 0.6 is 11.8 Å². The second-order valence-corrected chi connectivity index (χ2v) is 8.78. The van der Waals surface area contributed by atoms with Gasteiger partial charge in [-0.3, -0.25) is 0 Å². The minimum absolute atomic E-state index is 0.196. The highest BCUT2D eigenvalue weighted by Gasteiger charge is 2.29. The van der Waals surface area contributed by atoms with Gasteiger partial charge in [0.25, 0.3) is 0 Å². The maximum absolute atomic E-state index is 4.64. The van der Waals surface area contributed by atoms with Crippen LogP contribution in [0.2, 0.25) is 0 Å². The normalized spacial score (nSPS) is 17.5. The predicted octanol–water partition coefficient (Wildman–Crippen LogP) is 3.07. The number of aromatic nitrogens is 4. The highest BCUT2D eigenvalue weighted by atomic mass is 32.2. The first-order valence-electron chi connectivity index (χ1n) is 9.29. The average Bonchev–Trinajstić information content (AvgIpc) is 3.14. The number of hydrogen-bond acceptors (Lipinski definition) is 6. The molecule has 0 bridgehead atoms. The van der Waals surface area contributed by atoms with Crippen molar-refractivity contribution in [3.05, 3.63) is 31.0 Å². The first-order valence-corrected chi connectivity index (χ1v) is 10.5. The predicted molar refractivity (Wildman–Crippen MR) is 108 cm³/mol. The molecule has 6 nitrogen and oxygen atoms in total. The molecule has 1 saturated heterocycles. The Labute approximate surface area is 160 Å². The van der Waals surface area contributed by atoms with Crippen LogP contribution in [0.25, 0.3) is 0 Å². The summed E-state index contributed by atoms with van der Waals surface area (Å²) in [7, 11) is 0. The van der Waals surface area contributed by atoms with E-state index in [-0.39, 0.29) is 5.41 Å². The Hall–Kier alpha value is -1.60. The van der Waals surface area contributed by atoms with E-state index in [0.29, 0.717) is 12.1 Å². The largest absolute Gasteiger partial charge is 0.356 e. The van der Waals surface area contributed by atoms with Crippen LogP contribution in [0.3, 0.4) is 0 Å². The summed E-state index contributed by atoms with van der Waals surface area (Å²) in [6, 6.07) is 2.97. The van der Waals surface area contributed by atoms with Crippen molar-refractivity contribution in [2.45, 2.75) is 57.4 Å². The van der Waals surface area contributed by atoms with E-state index in [0.717, 1.165) is 43.5 Å². The number of nitrogens with zero attached hydrogens (tertiary/aromatic N) is 5. The molecule has 2 aromatic heterocycles. The van der Waals surface area contributed by atoms with E-state index in [4.69, 9.17) is 0 Å². The third-order valence-electron chi connectivity index (χ3n) is 5.06. The maximum atomic E-state index is 4.64. The Morgan fingerprint density at radius 3 is 2.65 bits per heavy atom. The number of rotatable bonds is 6. The smallest absolute Gasteiger partial charge is 0.189 e. The van der Waals surface area contributed by atoms with Crippen molar-refractivity contribution >= 4 is 17.6 Å². The van der Waals surface area contributed by atoms with Crippen LogP contribution in [-0.2, 0) is 6.54 Å². The lowest BCUT2D eigenvalue weighted by Gasteiger charge is -2.39. The zero-order chi connectivity index (χ0) is 18.6. The maximum Gasteiger partial charge on any atom is 0.189 e. The molecule has 1 N–H and O–H groups in total. The standard InChI is InChI=1S/C19H30N6S/c1-19(2,3)16(13-24-12-9-20-14-24)22-15-6-10-25(11-7-15)17-5-8-21-18(23-17)26-4/h5,8-9,12,14-16,22H,6-7,10-11,13H2,1-4H3/t16-/m1/s1.